The molecule has 1 aliphatic heterocycles. The molecule has 2 aromatic rings. The highest BCUT2D eigenvalue weighted by Gasteiger charge is 2.29. The molecule has 0 aliphatic carbocycles. The predicted octanol–water partition coefficient (Wildman–Crippen LogP) is 2.64. The smallest absolute Gasteiger partial charge is 0.203 e. The van der Waals surface area contributed by atoms with Gasteiger partial charge in [-0.05, 0) is 30.2 Å². The summed E-state index contributed by atoms with van der Waals surface area (Å²) < 4.78 is 16.4. The third-order valence-electron chi connectivity index (χ3n) is 4.53. The van der Waals surface area contributed by atoms with Crippen molar-refractivity contribution < 1.29 is 19.3 Å². The second-order valence-corrected chi connectivity index (χ2v) is 5.79. The molecule has 2 aromatic carbocycles. The normalized spacial score (nSPS) is 16.0. The summed E-state index contributed by atoms with van der Waals surface area (Å²) in [5.41, 5.74) is 3.41. The fraction of sp³-hybridized carbons (Fsp3) is 0.368. The molecule has 1 atom stereocenters. The standard InChI is InChI=1S/C19H23NO4/c1-22-17-9-8-14(18(23-2)19(17)24-3)11-20-15(12-21)10-13-6-4-5-7-16(13)20/h4-9,15,21H,10-12H2,1-3H3. The molecule has 0 spiro atoms. The van der Waals surface area contributed by atoms with Crippen LogP contribution in [0.25, 0.3) is 0 Å². The summed E-state index contributed by atoms with van der Waals surface area (Å²) in [5.74, 6) is 1.89. The van der Waals surface area contributed by atoms with E-state index in [2.05, 4.69) is 17.0 Å². The van der Waals surface area contributed by atoms with Crippen LogP contribution in [0.1, 0.15) is 11.1 Å². The third-order valence-corrected chi connectivity index (χ3v) is 4.53. The summed E-state index contributed by atoms with van der Waals surface area (Å²) in [7, 11) is 4.84. The minimum atomic E-state index is 0.0696. The van der Waals surface area contributed by atoms with Gasteiger partial charge in [0, 0.05) is 17.8 Å². The molecule has 128 valence electrons. The van der Waals surface area contributed by atoms with Gasteiger partial charge in [0.2, 0.25) is 5.75 Å². The number of methoxy groups -OCH3 is 3. The Morgan fingerprint density at radius 1 is 1.00 bits per heavy atom. The number of benzene rings is 2. The second-order valence-electron chi connectivity index (χ2n) is 5.79. The fourth-order valence-corrected chi connectivity index (χ4v) is 3.37. The molecule has 0 saturated heterocycles. The van der Waals surface area contributed by atoms with Crippen molar-refractivity contribution in [1.29, 1.82) is 0 Å². The van der Waals surface area contributed by atoms with Gasteiger partial charge in [-0.2, -0.15) is 0 Å². The maximum absolute atomic E-state index is 9.78. The summed E-state index contributed by atoms with van der Waals surface area (Å²) in [6.07, 6.45) is 0.849. The first-order valence-electron chi connectivity index (χ1n) is 7.96. The highest BCUT2D eigenvalue weighted by molar-refractivity contribution is 5.62. The van der Waals surface area contributed by atoms with Crippen LogP contribution in [0.2, 0.25) is 0 Å². The fourth-order valence-electron chi connectivity index (χ4n) is 3.37. The van der Waals surface area contributed by atoms with E-state index >= 15 is 0 Å². The lowest BCUT2D eigenvalue weighted by Gasteiger charge is -2.27. The number of aliphatic hydroxyl groups excluding tert-OH is 1. The van der Waals surface area contributed by atoms with Crippen molar-refractivity contribution in [2.45, 2.75) is 19.0 Å². The maximum atomic E-state index is 9.78. The zero-order valence-electron chi connectivity index (χ0n) is 14.3. The first-order chi connectivity index (χ1) is 11.7. The molecule has 24 heavy (non-hydrogen) atoms. The Morgan fingerprint density at radius 3 is 2.42 bits per heavy atom. The molecule has 1 aliphatic rings. The zero-order valence-corrected chi connectivity index (χ0v) is 14.3. The van der Waals surface area contributed by atoms with Gasteiger partial charge in [0.05, 0.1) is 34.0 Å². The molecule has 3 rings (SSSR count). The van der Waals surface area contributed by atoms with E-state index < -0.39 is 0 Å². The van der Waals surface area contributed by atoms with E-state index in [0.29, 0.717) is 23.8 Å². The largest absolute Gasteiger partial charge is 0.493 e. The van der Waals surface area contributed by atoms with Crippen LogP contribution in [0.5, 0.6) is 17.2 Å². The lowest BCUT2D eigenvalue weighted by atomic mass is 10.1. The van der Waals surface area contributed by atoms with Crippen molar-refractivity contribution in [2.75, 3.05) is 32.8 Å². The molecule has 0 bridgehead atoms. The van der Waals surface area contributed by atoms with E-state index in [0.717, 1.165) is 17.7 Å². The van der Waals surface area contributed by atoms with Gasteiger partial charge in [-0.1, -0.05) is 18.2 Å². The number of hydrogen-bond acceptors (Lipinski definition) is 5. The molecule has 0 aromatic heterocycles. The van der Waals surface area contributed by atoms with Crippen molar-refractivity contribution in [3.8, 4) is 17.2 Å². The molecular formula is C19H23NO4. The number of anilines is 1. The zero-order chi connectivity index (χ0) is 17.1. The number of ether oxygens (including phenoxy) is 3. The van der Waals surface area contributed by atoms with E-state index in [4.69, 9.17) is 14.2 Å². The van der Waals surface area contributed by atoms with Crippen LogP contribution in [0.4, 0.5) is 5.69 Å². The second kappa shape index (κ2) is 7.01. The third kappa shape index (κ3) is 2.76. The summed E-state index contributed by atoms with van der Waals surface area (Å²) in [6, 6.07) is 12.2. The molecule has 5 heteroatoms. The Morgan fingerprint density at radius 2 is 1.75 bits per heavy atom. The van der Waals surface area contributed by atoms with Gasteiger partial charge in [-0.3, -0.25) is 0 Å². The maximum Gasteiger partial charge on any atom is 0.203 e. The summed E-state index contributed by atoms with van der Waals surface area (Å²) in [4.78, 5) is 2.22. The Labute approximate surface area is 142 Å². The number of aliphatic hydroxyl groups is 1. The van der Waals surface area contributed by atoms with Crippen molar-refractivity contribution in [2.24, 2.45) is 0 Å². The summed E-state index contributed by atoms with van der Waals surface area (Å²) in [6.45, 7) is 0.746. The number of para-hydroxylation sites is 1. The van der Waals surface area contributed by atoms with Crippen LogP contribution in [-0.4, -0.2) is 39.1 Å². The van der Waals surface area contributed by atoms with Gasteiger partial charge in [0.1, 0.15) is 0 Å². The quantitative estimate of drug-likeness (QED) is 0.883. The van der Waals surface area contributed by atoms with Gasteiger partial charge >= 0.3 is 0 Å². The number of fused-ring (bicyclic) bond motifs is 1. The molecule has 1 unspecified atom stereocenters. The van der Waals surface area contributed by atoms with Crippen LogP contribution in [-0.2, 0) is 13.0 Å². The average molecular weight is 329 g/mol. The molecule has 1 heterocycles. The van der Waals surface area contributed by atoms with Crippen molar-refractivity contribution in [3.05, 3.63) is 47.5 Å². The molecule has 0 fully saturated rings. The molecular weight excluding hydrogens is 306 g/mol. The van der Waals surface area contributed by atoms with Crippen LogP contribution in [0.15, 0.2) is 36.4 Å². The van der Waals surface area contributed by atoms with Crippen molar-refractivity contribution in [3.63, 3.8) is 0 Å². The Balaban J connectivity index is 1.98. The van der Waals surface area contributed by atoms with E-state index in [1.54, 1.807) is 21.3 Å². The van der Waals surface area contributed by atoms with Crippen LogP contribution in [0.3, 0.4) is 0 Å². The number of hydrogen-bond donors (Lipinski definition) is 1. The van der Waals surface area contributed by atoms with Crippen LogP contribution >= 0.6 is 0 Å². The molecule has 1 N–H and O–H groups in total. The Hall–Kier alpha value is -2.40. The molecule has 0 saturated carbocycles. The lowest BCUT2D eigenvalue weighted by molar-refractivity contribution is 0.262. The van der Waals surface area contributed by atoms with E-state index in [9.17, 15) is 5.11 Å². The monoisotopic (exact) mass is 329 g/mol. The first kappa shape index (κ1) is 16.5. The number of rotatable bonds is 6. The Bertz CT molecular complexity index is 717. The predicted molar refractivity (Wildman–Crippen MR) is 93.3 cm³/mol. The summed E-state index contributed by atoms with van der Waals surface area (Å²) >= 11 is 0. The highest BCUT2D eigenvalue weighted by atomic mass is 16.5. The lowest BCUT2D eigenvalue weighted by Crippen LogP contribution is -2.34. The SMILES string of the molecule is COc1ccc(CN2c3ccccc3CC2CO)c(OC)c1OC. The van der Waals surface area contributed by atoms with Gasteiger partial charge in [-0.25, -0.2) is 0 Å². The average Bonchev–Trinajstić information content (AvgIpc) is 2.98. The van der Waals surface area contributed by atoms with E-state index in [1.165, 1.54) is 5.56 Å². The topological polar surface area (TPSA) is 51.2 Å². The van der Waals surface area contributed by atoms with Crippen LogP contribution in [0, 0.1) is 0 Å². The highest BCUT2D eigenvalue weighted by Crippen LogP contribution is 2.42. The van der Waals surface area contributed by atoms with Crippen molar-refractivity contribution >= 4 is 5.69 Å². The minimum absolute atomic E-state index is 0.0696. The van der Waals surface area contributed by atoms with Gasteiger partial charge in [-0.15, -0.1) is 0 Å². The van der Waals surface area contributed by atoms with Gasteiger partial charge in [0.25, 0.3) is 0 Å². The molecule has 0 radical (unpaired) electrons. The van der Waals surface area contributed by atoms with Gasteiger partial charge < -0.3 is 24.2 Å². The van der Waals surface area contributed by atoms with Crippen molar-refractivity contribution in [1.82, 2.24) is 0 Å². The van der Waals surface area contributed by atoms with E-state index in [-0.39, 0.29) is 12.6 Å². The van der Waals surface area contributed by atoms with Gasteiger partial charge in [0.15, 0.2) is 11.5 Å². The number of nitrogens with zero attached hydrogens (tertiary/aromatic N) is 1. The first-order valence-corrected chi connectivity index (χ1v) is 7.96. The Kier molecular flexibility index (Phi) is 4.81. The molecule has 5 nitrogen and oxygen atoms in total. The van der Waals surface area contributed by atoms with E-state index in [1.807, 2.05) is 24.3 Å². The molecule has 0 amide bonds. The minimum Gasteiger partial charge on any atom is -0.493 e. The summed E-state index contributed by atoms with van der Waals surface area (Å²) in [5, 5.41) is 9.78. The van der Waals surface area contributed by atoms with Crippen LogP contribution < -0.4 is 19.1 Å².